The van der Waals surface area contributed by atoms with Crippen LogP contribution in [0.4, 0.5) is 0 Å². The molecule has 1 aromatic rings. The van der Waals surface area contributed by atoms with E-state index in [0.29, 0.717) is 31.1 Å². The van der Waals surface area contributed by atoms with Gasteiger partial charge in [-0.25, -0.2) is 0 Å². The average molecular weight is 311 g/mol. The van der Waals surface area contributed by atoms with Crippen LogP contribution in [0.15, 0.2) is 24.3 Å². The lowest BCUT2D eigenvalue weighted by atomic mass is 10.1. The molecule has 4 nitrogen and oxygen atoms in total. The summed E-state index contributed by atoms with van der Waals surface area (Å²) in [5, 5.41) is 3.52. The summed E-state index contributed by atoms with van der Waals surface area (Å²) in [7, 11) is 0. The van der Waals surface area contributed by atoms with Gasteiger partial charge >= 0.3 is 0 Å². The second kappa shape index (κ2) is 9.40. The van der Waals surface area contributed by atoms with E-state index in [1.54, 1.807) is 4.90 Å². The standard InChI is InChI=1S/C16H23ClN2O2/c1-3-10-18-16(21)9-12-19(13(2)20)11-8-14-4-6-15(17)7-5-14/h4-7H,3,8-12H2,1-2H3,(H,18,21). The molecule has 0 aliphatic carbocycles. The lowest BCUT2D eigenvalue weighted by molar-refractivity contribution is -0.129. The Hall–Kier alpha value is -1.55. The predicted molar refractivity (Wildman–Crippen MR) is 85.3 cm³/mol. The van der Waals surface area contributed by atoms with Crippen LogP contribution in [0.5, 0.6) is 0 Å². The minimum Gasteiger partial charge on any atom is -0.356 e. The summed E-state index contributed by atoms with van der Waals surface area (Å²) in [4.78, 5) is 24.9. The molecule has 0 saturated heterocycles. The molecule has 0 aliphatic rings. The van der Waals surface area contributed by atoms with E-state index < -0.39 is 0 Å². The molecule has 1 rings (SSSR count). The predicted octanol–water partition coefficient (Wildman–Crippen LogP) is 2.65. The van der Waals surface area contributed by atoms with E-state index in [9.17, 15) is 9.59 Å². The number of benzene rings is 1. The van der Waals surface area contributed by atoms with Crippen molar-refractivity contribution in [1.29, 1.82) is 0 Å². The molecule has 1 N–H and O–H groups in total. The van der Waals surface area contributed by atoms with Crippen LogP contribution in [0, 0.1) is 0 Å². The molecule has 0 aliphatic heterocycles. The SMILES string of the molecule is CCCNC(=O)CCN(CCc1ccc(Cl)cc1)C(C)=O. The van der Waals surface area contributed by atoms with Gasteiger partial charge in [0.2, 0.25) is 11.8 Å². The highest BCUT2D eigenvalue weighted by Crippen LogP contribution is 2.10. The lowest BCUT2D eigenvalue weighted by Gasteiger charge is -2.20. The van der Waals surface area contributed by atoms with Gasteiger partial charge in [0.25, 0.3) is 0 Å². The molecule has 1 aromatic carbocycles. The minimum absolute atomic E-state index is 0.00501. The number of rotatable bonds is 8. The highest BCUT2D eigenvalue weighted by atomic mass is 35.5. The summed E-state index contributed by atoms with van der Waals surface area (Å²) in [5.41, 5.74) is 1.13. The zero-order valence-corrected chi connectivity index (χ0v) is 13.4. The molecule has 2 amide bonds. The third kappa shape index (κ3) is 7.14. The van der Waals surface area contributed by atoms with Crippen molar-refractivity contribution in [3.63, 3.8) is 0 Å². The molecule has 0 unspecified atom stereocenters. The van der Waals surface area contributed by atoms with Gasteiger partial charge in [0.15, 0.2) is 0 Å². The highest BCUT2D eigenvalue weighted by Gasteiger charge is 2.11. The van der Waals surface area contributed by atoms with Crippen molar-refractivity contribution in [3.05, 3.63) is 34.9 Å². The van der Waals surface area contributed by atoms with Gasteiger partial charge in [-0.05, 0) is 30.5 Å². The van der Waals surface area contributed by atoms with Gasteiger partial charge < -0.3 is 10.2 Å². The van der Waals surface area contributed by atoms with E-state index in [4.69, 9.17) is 11.6 Å². The van der Waals surface area contributed by atoms with Crippen LogP contribution in [0.3, 0.4) is 0 Å². The minimum atomic E-state index is -0.00717. The number of halogens is 1. The van der Waals surface area contributed by atoms with Gasteiger partial charge in [0.05, 0.1) is 0 Å². The van der Waals surface area contributed by atoms with Gasteiger partial charge in [-0.1, -0.05) is 30.7 Å². The third-order valence-corrected chi connectivity index (χ3v) is 3.46. The Labute approximate surface area is 131 Å². The third-order valence-electron chi connectivity index (χ3n) is 3.21. The molecular formula is C16H23ClN2O2. The molecule has 0 aromatic heterocycles. The first-order valence-corrected chi connectivity index (χ1v) is 7.67. The fourth-order valence-corrected chi connectivity index (χ4v) is 2.06. The fraction of sp³-hybridized carbons (Fsp3) is 0.500. The van der Waals surface area contributed by atoms with E-state index in [-0.39, 0.29) is 11.8 Å². The number of amides is 2. The summed E-state index contributed by atoms with van der Waals surface area (Å²) in [6.45, 7) is 5.29. The van der Waals surface area contributed by atoms with Gasteiger partial charge in [-0.2, -0.15) is 0 Å². The number of carbonyl (C=O) groups is 2. The average Bonchev–Trinajstić information content (AvgIpc) is 2.46. The second-order valence-corrected chi connectivity index (χ2v) is 5.42. The molecule has 0 bridgehead atoms. The summed E-state index contributed by atoms with van der Waals surface area (Å²) >= 11 is 5.84. The fourth-order valence-electron chi connectivity index (χ4n) is 1.93. The molecular weight excluding hydrogens is 288 g/mol. The maximum atomic E-state index is 11.6. The lowest BCUT2D eigenvalue weighted by Crippen LogP contribution is -2.35. The summed E-state index contributed by atoms with van der Waals surface area (Å²) in [6.07, 6.45) is 2.02. The van der Waals surface area contributed by atoms with Crippen molar-refractivity contribution in [2.45, 2.75) is 33.1 Å². The first-order chi connectivity index (χ1) is 10.0. The Morgan fingerprint density at radius 1 is 1.19 bits per heavy atom. The van der Waals surface area contributed by atoms with Crippen molar-refractivity contribution in [2.24, 2.45) is 0 Å². The molecule has 0 fully saturated rings. The summed E-state index contributed by atoms with van der Waals surface area (Å²) < 4.78 is 0. The first-order valence-electron chi connectivity index (χ1n) is 7.29. The van der Waals surface area contributed by atoms with E-state index in [2.05, 4.69) is 5.32 Å². The number of hydrogen-bond donors (Lipinski definition) is 1. The zero-order valence-electron chi connectivity index (χ0n) is 12.7. The zero-order chi connectivity index (χ0) is 15.7. The van der Waals surface area contributed by atoms with Gasteiger partial charge in [0.1, 0.15) is 0 Å². The van der Waals surface area contributed by atoms with Crippen molar-refractivity contribution < 1.29 is 9.59 Å². The molecule has 21 heavy (non-hydrogen) atoms. The van der Waals surface area contributed by atoms with E-state index in [1.807, 2.05) is 31.2 Å². The van der Waals surface area contributed by atoms with E-state index in [1.165, 1.54) is 6.92 Å². The Balaban J connectivity index is 2.41. The van der Waals surface area contributed by atoms with Crippen LogP contribution in [-0.4, -0.2) is 36.3 Å². The molecule has 116 valence electrons. The molecule has 5 heteroatoms. The maximum Gasteiger partial charge on any atom is 0.221 e. The van der Waals surface area contributed by atoms with Gasteiger partial charge in [-0.3, -0.25) is 9.59 Å². The normalized spacial score (nSPS) is 10.2. The molecule has 0 spiro atoms. The Kier molecular flexibility index (Phi) is 7.83. The Bertz CT molecular complexity index is 460. The molecule has 0 saturated carbocycles. The van der Waals surface area contributed by atoms with Crippen molar-refractivity contribution in [1.82, 2.24) is 10.2 Å². The van der Waals surface area contributed by atoms with Crippen LogP contribution >= 0.6 is 11.6 Å². The topological polar surface area (TPSA) is 49.4 Å². The first kappa shape index (κ1) is 17.5. The number of carbonyl (C=O) groups excluding carboxylic acids is 2. The quantitative estimate of drug-likeness (QED) is 0.802. The largest absolute Gasteiger partial charge is 0.356 e. The summed E-state index contributed by atoms with van der Waals surface area (Å²) in [6, 6.07) is 7.59. The van der Waals surface area contributed by atoms with Crippen LogP contribution in [0.2, 0.25) is 5.02 Å². The van der Waals surface area contributed by atoms with Crippen LogP contribution in [0.25, 0.3) is 0 Å². The molecule has 0 atom stereocenters. The Morgan fingerprint density at radius 2 is 1.86 bits per heavy atom. The van der Waals surface area contributed by atoms with Crippen LogP contribution in [0.1, 0.15) is 32.3 Å². The van der Waals surface area contributed by atoms with Crippen LogP contribution in [-0.2, 0) is 16.0 Å². The number of nitrogens with one attached hydrogen (secondary N) is 1. The van der Waals surface area contributed by atoms with Gasteiger partial charge in [0, 0.05) is 38.0 Å². The smallest absolute Gasteiger partial charge is 0.221 e. The highest BCUT2D eigenvalue weighted by molar-refractivity contribution is 6.30. The second-order valence-electron chi connectivity index (χ2n) is 4.98. The summed E-state index contributed by atoms with van der Waals surface area (Å²) in [5.74, 6) is -0.0122. The van der Waals surface area contributed by atoms with E-state index >= 15 is 0 Å². The van der Waals surface area contributed by atoms with Crippen LogP contribution < -0.4 is 5.32 Å². The van der Waals surface area contributed by atoms with E-state index in [0.717, 1.165) is 18.4 Å². The molecule has 0 radical (unpaired) electrons. The monoisotopic (exact) mass is 310 g/mol. The van der Waals surface area contributed by atoms with Crippen molar-refractivity contribution >= 4 is 23.4 Å². The van der Waals surface area contributed by atoms with Crippen molar-refractivity contribution in [3.8, 4) is 0 Å². The van der Waals surface area contributed by atoms with Gasteiger partial charge in [-0.15, -0.1) is 0 Å². The maximum absolute atomic E-state index is 11.6. The number of hydrogen-bond acceptors (Lipinski definition) is 2. The van der Waals surface area contributed by atoms with Crippen molar-refractivity contribution in [2.75, 3.05) is 19.6 Å². The molecule has 0 heterocycles. The Morgan fingerprint density at radius 3 is 2.43 bits per heavy atom. The number of nitrogens with zero attached hydrogens (tertiary/aromatic N) is 1.